The minimum atomic E-state index is 0.120. The van der Waals surface area contributed by atoms with Crippen molar-refractivity contribution in [2.24, 2.45) is 5.73 Å². The van der Waals surface area contributed by atoms with Gasteiger partial charge < -0.3 is 15.5 Å². The van der Waals surface area contributed by atoms with E-state index in [2.05, 4.69) is 4.90 Å². The van der Waals surface area contributed by atoms with Gasteiger partial charge in [0.05, 0.1) is 6.54 Å². The molecule has 1 aromatic rings. The molecule has 1 aliphatic rings. The number of thiocarbonyl (C=S) groups is 1. The Kier molecular flexibility index (Phi) is 4.31. The SMILES string of the molecule is CSc1cccc(N2CCN(C)C(=O)C2)c1C(N)=S. The highest BCUT2D eigenvalue weighted by Crippen LogP contribution is 2.30. The van der Waals surface area contributed by atoms with Crippen molar-refractivity contribution in [1.29, 1.82) is 0 Å². The molecule has 0 radical (unpaired) electrons. The van der Waals surface area contributed by atoms with Gasteiger partial charge in [-0.05, 0) is 18.4 Å². The molecule has 0 unspecified atom stereocenters. The molecule has 1 aromatic carbocycles. The zero-order valence-electron chi connectivity index (χ0n) is 11.0. The number of thioether (sulfide) groups is 1. The van der Waals surface area contributed by atoms with Crippen LogP contribution >= 0.6 is 24.0 Å². The van der Waals surface area contributed by atoms with Crippen molar-refractivity contribution in [3.8, 4) is 0 Å². The van der Waals surface area contributed by atoms with Gasteiger partial charge in [-0.25, -0.2) is 0 Å². The topological polar surface area (TPSA) is 49.6 Å². The van der Waals surface area contributed by atoms with Crippen molar-refractivity contribution in [2.75, 3.05) is 37.8 Å². The molecule has 0 spiro atoms. The molecule has 1 amide bonds. The molecule has 1 fully saturated rings. The lowest BCUT2D eigenvalue weighted by molar-refractivity contribution is -0.129. The molecule has 2 N–H and O–H groups in total. The normalized spacial score (nSPS) is 15.8. The van der Waals surface area contributed by atoms with Crippen molar-refractivity contribution in [3.63, 3.8) is 0 Å². The highest BCUT2D eigenvalue weighted by molar-refractivity contribution is 7.98. The predicted octanol–water partition coefficient (Wildman–Crippen LogP) is 1.32. The zero-order valence-corrected chi connectivity index (χ0v) is 12.7. The van der Waals surface area contributed by atoms with E-state index in [1.165, 1.54) is 0 Å². The van der Waals surface area contributed by atoms with Gasteiger partial charge in [-0.1, -0.05) is 18.3 Å². The van der Waals surface area contributed by atoms with Crippen LogP contribution in [0.2, 0.25) is 0 Å². The maximum absolute atomic E-state index is 11.8. The summed E-state index contributed by atoms with van der Waals surface area (Å²) < 4.78 is 0. The summed E-state index contributed by atoms with van der Waals surface area (Å²) in [7, 11) is 1.83. The Balaban J connectivity index is 2.39. The number of nitrogens with two attached hydrogens (primary N) is 1. The van der Waals surface area contributed by atoms with E-state index in [1.807, 2.05) is 31.5 Å². The first-order valence-corrected chi connectivity index (χ1v) is 7.63. The van der Waals surface area contributed by atoms with Crippen LogP contribution in [-0.2, 0) is 4.79 Å². The van der Waals surface area contributed by atoms with Crippen LogP contribution in [0.25, 0.3) is 0 Å². The van der Waals surface area contributed by atoms with Crippen molar-refractivity contribution in [1.82, 2.24) is 4.90 Å². The molecule has 2 rings (SSSR count). The molecule has 1 saturated heterocycles. The van der Waals surface area contributed by atoms with Gasteiger partial charge in [-0.2, -0.15) is 0 Å². The van der Waals surface area contributed by atoms with E-state index < -0.39 is 0 Å². The van der Waals surface area contributed by atoms with Crippen molar-refractivity contribution >= 4 is 40.6 Å². The van der Waals surface area contributed by atoms with Gasteiger partial charge in [0.2, 0.25) is 5.91 Å². The average molecular weight is 295 g/mol. The second-order valence-corrected chi connectivity index (χ2v) is 5.74. The Labute approximate surface area is 122 Å². The van der Waals surface area contributed by atoms with E-state index in [9.17, 15) is 4.79 Å². The first kappa shape index (κ1) is 14.1. The van der Waals surface area contributed by atoms with Gasteiger partial charge >= 0.3 is 0 Å². The van der Waals surface area contributed by atoms with Crippen LogP contribution in [0.3, 0.4) is 0 Å². The standard InChI is InChI=1S/C13H17N3OS2/c1-15-6-7-16(8-11(15)17)9-4-3-5-10(19-2)12(9)13(14)18/h3-5H,6-8H2,1-2H3,(H2,14,18). The van der Waals surface area contributed by atoms with Crippen LogP contribution in [0.5, 0.6) is 0 Å². The summed E-state index contributed by atoms with van der Waals surface area (Å²) in [5, 5.41) is 0. The van der Waals surface area contributed by atoms with E-state index in [1.54, 1.807) is 16.7 Å². The van der Waals surface area contributed by atoms with Crippen LogP contribution in [0, 0.1) is 0 Å². The van der Waals surface area contributed by atoms with Crippen molar-refractivity contribution in [3.05, 3.63) is 23.8 Å². The molecule has 0 saturated carbocycles. The van der Waals surface area contributed by atoms with Crippen LogP contribution in [0.15, 0.2) is 23.1 Å². The fourth-order valence-corrected chi connectivity index (χ4v) is 3.08. The third-order valence-electron chi connectivity index (χ3n) is 3.27. The number of piperazine rings is 1. The third-order valence-corrected chi connectivity index (χ3v) is 4.25. The lowest BCUT2D eigenvalue weighted by atomic mass is 10.1. The molecular formula is C13H17N3OS2. The lowest BCUT2D eigenvalue weighted by Gasteiger charge is -2.34. The maximum Gasteiger partial charge on any atom is 0.241 e. The van der Waals surface area contributed by atoms with E-state index >= 15 is 0 Å². The molecule has 1 heterocycles. The fourth-order valence-electron chi connectivity index (χ4n) is 2.16. The fraction of sp³-hybridized carbons (Fsp3) is 0.385. The first-order chi connectivity index (χ1) is 9.04. The molecule has 0 atom stereocenters. The third kappa shape index (κ3) is 2.84. The molecule has 6 heteroatoms. The molecule has 0 bridgehead atoms. The predicted molar refractivity (Wildman–Crippen MR) is 84.0 cm³/mol. The summed E-state index contributed by atoms with van der Waals surface area (Å²) >= 11 is 6.78. The molecule has 102 valence electrons. The number of rotatable bonds is 3. The number of likely N-dealkylation sites (N-methyl/N-ethyl adjacent to an activating group) is 1. The lowest BCUT2D eigenvalue weighted by Crippen LogP contribution is -2.49. The van der Waals surface area contributed by atoms with Gasteiger partial charge in [-0.3, -0.25) is 4.79 Å². The van der Waals surface area contributed by atoms with Crippen LogP contribution in [-0.4, -0.2) is 48.7 Å². The van der Waals surface area contributed by atoms with Gasteiger partial charge in [0.15, 0.2) is 0 Å². The summed E-state index contributed by atoms with van der Waals surface area (Å²) in [4.78, 5) is 17.1. The summed E-state index contributed by atoms with van der Waals surface area (Å²) in [5.41, 5.74) is 7.69. The van der Waals surface area contributed by atoms with Gasteiger partial charge in [0.1, 0.15) is 4.99 Å². The maximum atomic E-state index is 11.8. The van der Waals surface area contributed by atoms with E-state index in [-0.39, 0.29) is 5.91 Å². The Hall–Kier alpha value is -1.27. The number of hydrogen-bond donors (Lipinski definition) is 1. The average Bonchev–Trinajstić information content (AvgIpc) is 2.40. The number of amides is 1. The highest BCUT2D eigenvalue weighted by Gasteiger charge is 2.24. The molecule has 19 heavy (non-hydrogen) atoms. The summed E-state index contributed by atoms with van der Waals surface area (Å²) in [6.07, 6.45) is 2.00. The number of anilines is 1. The van der Waals surface area contributed by atoms with Crippen molar-refractivity contribution in [2.45, 2.75) is 4.90 Å². The molecule has 0 aliphatic carbocycles. The second-order valence-electron chi connectivity index (χ2n) is 4.46. The van der Waals surface area contributed by atoms with Gasteiger partial charge in [0.25, 0.3) is 0 Å². The minimum absolute atomic E-state index is 0.120. The number of nitrogens with zero attached hydrogens (tertiary/aromatic N) is 2. The molecule has 0 aromatic heterocycles. The zero-order chi connectivity index (χ0) is 14.0. The Morgan fingerprint density at radius 3 is 2.74 bits per heavy atom. The Morgan fingerprint density at radius 1 is 1.42 bits per heavy atom. The van der Waals surface area contributed by atoms with E-state index in [0.717, 1.165) is 29.2 Å². The van der Waals surface area contributed by atoms with Crippen LogP contribution in [0.4, 0.5) is 5.69 Å². The number of benzene rings is 1. The minimum Gasteiger partial charge on any atom is -0.389 e. The molecular weight excluding hydrogens is 278 g/mol. The van der Waals surface area contributed by atoms with Crippen LogP contribution in [0.1, 0.15) is 5.56 Å². The van der Waals surface area contributed by atoms with Gasteiger partial charge in [-0.15, -0.1) is 11.8 Å². The molecule has 4 nitrogen and oxygen atoms in total. The summed E-state index contributed by atoms with van der Waals surface area (Å²) in [6, 6.07) is 5.96. The monoisotopic (exact) mass is 295 g/mol. The quantitative estimate of drug-likeness (QED) is 0.673. The van der Waals surface area contributed by atoms with Gasteiger partial charge in [0, 0.05) is 36.3 Å². The van der Waals surface area contributed by atoms with Crippen LogP contribution < -0.4 is 10.6 Å². The number of carbonyl (C=O) groups is 1. The largest absolute Gasteiger partial charge is 0.389 e. The highest BCUT2D eigenvalue weighted by atomic mass is 32.2. The van der Waals surface area contributed by atoms with E-state index in [0.29, 0.717) is 11.5 Å². The van der Waals surface area contributed by atoms with Crippen molar-refractivity contribution < 1.29 is 4.79 Å². The second kappa shape index (κ2) is 5.79. The first-order valence-electron chi connectivity index (χ1n) is 6.00. The Bertz CT molecular complexity index is 519. The Morgan fingerprint density at radius 2 is 2.16 bits per heavy atom. The molecule has 1 aliphatic heterocycles. The number of carbonyl (C=O) groups excluding carboxylic acids is 1. The smallest absolute Gasteiger partial charge is 0.241 e. The number of hydrogen-bond acceptors (Lipinski definition) is 4. The summed E-state index contributed by atoms with van der Waals surface area (Å²) in [5.74, 6) is 0.120. The summed E-state index contributed by atoms with van der Waals surface area (Å²) in [6.45, 7) is 1.90. The van der Waals surface area contributed by atoms with E-state index in [4.69, 9.17) is 18.0 Å².